The SMILES string of the molecule is COc1cccc(/C=C/C(=O)NCc2ccccc2CN2CCOCC2)c1OC. The van der Waals surface area contributed by atoms with Crippen molar-refractivity contribution in [2.45, 2.75) is 13.1 Å². The highest BCUT2D eigenvalue weighted by Crippen LogP contribution is 2.31. The molecule has 0 aliphatic carbocycles. The summed E-state index contributed by atoms with van der Waals surface area (Å²) in [6.45, 7) is 4.78. The predicted octanol–water partition coefficient (Wildman–Crippen LogP) is 2.87. The van der Waals surface area contributed by atoms with Gasteiger partial charge in [-0.3, -0.25) is 9.69 Å². The second kappa shape index (κ2) is 10.6. The van der Waals surface area contributed by atoms with Crippen LogP contribution in [0.15, 0.2) is 48.5 Å². The van der Waals surface area contributed by atoms with Crippen molar-refractivity contribution in [3.05, 3.63) is 65.2 Å². The number of hydrogen-bond acceptors (Lipinski definition) is 5. The van der Waals surface area contributed by atoms with Gasteiger partial charge in [0.25, 0.3) is 0 Å². The van der Waals surface area contributed by atoms with E-state index in [0.29, 0.717) is 18.0 Å². The molecule has 0 unspecified atom stereocenters. The predicted molar refractivity (Wildman–Crippen MR) is 113 cm³/mol. The normalized spacial score (nSPS) is 14.7. The van der Waals surface area contributed by atoms with Crippen LogP contribution in [-0.4, -0.2) is 51.3 Å². The number of nitrogens with one attached hydrogen (secondary N) is 1. The average molecular weight is 396 g/mol. The minimum atomic E-state index is -0.156. The van der Waals surface area contributed by atoms with Crippen LogP contribution in [0.5, 0.6) is 11.5 Å². The van der Waals surface area contributed by atoms with Crippen LogP contribution < -0.4 is 14.8 Å². The largest absolute Gasteiger partial charge is 0.493 e. The van der Waals surface area contributed by atoms with E-state index < -0.39 is 0 Å². The molecule has 2 aromatic carbocycles. The summed E-state index contributed by atoms with van der Waals surface area (Å²) < 4.78 is 16.1. The number of ether oxygens (including phenoxy) is 3. The quantitative estimate of drug-likeness (QED) is 0.696. The molecule has 0 atom stereocenters. The summed E-state index contributed by atoms with van der Waals surface area (Å²) in [7, 11) is 3.17. The van der Waals surface area contributed by atoms with Crippen molar-refractivity contribution in [1.29, 1.82) is 0 Å². The Labute approximate surface area is 172 Å². The molecule has 0 saturated carbocycles. The monoisotopic (exact) mass is 396 g/mol. The van der Waals surface area contributed by atoms with Crippen LogP contribution in [0, 0.1) is 0 Å². The van der Waals surface area contributed by atoms with Gasteiger partial charge in [-0.25, -0.2) is 0 Å². The fourth-order valence-electron chi connectivity index (χ4n) is 3.33. The molecule has 1 aliphatic rings. The van der Waals surface area contributed by atoms with E-state index in [0.717, 1.165) is 44.0 Å². The summed E-state index contributed by atoms with van der Waals surface area (Å²) >= 11 is 0. The van der Waals surface area contributed by atoms with Crippen LogP contribution in [0.4, 0.5) is 0 Å². The number of rotatable bonds is 8. The van der Waals surface area contributed by atoms with E-state index in [1.807, 2.05) is 30.3 Å². The second-order valence-corrected chi connectivity index (χ2v) is 6.79. The first-order valence-electron chi connectivity index (χ1n) is 9.75. The number of amides is 1. The summed E-state index contributed by atoms with van der Waals surface area (Å²) in [6.07, 6.45) is 3.25. The Morgan fingerprint density at radius 1 is 1.07 bits per heavy atom. The molecule has 1 heterocycles. The van der Waals surface area contributed by atoms with E-state index >= 15 is 0 Å². The Balaban J connectivity index is 1.60. The number of morpholine rings is 1. The summed E-state index contributed by atoms with van der Waals surface area (Å²) in [4.78, 5) is 14.7. The van der Waals surface area contributed by atoms with E-state index in [9.17, 15) is 4.79 Å². The van der Waals surface area contributed by atoms with Crippen LogP contribution in [-0.2, 0) is 22.6 Å². The summed E-state index contributed by atoms with van der Waals surface area (Å²) in [5.41, 5.74) is 3.14. The Kier molecular flexibility index (Phi) is 7.67. The standard InChI is InChI=1S/C23H28N2O4/c1-27-21-9-5-8-18(23(21)28-2)10-11-22(26)24-16-19-6-3-4-7-20(19)17-25-12-14-29-15-13-25/h3-11H,12-17H2,1-2H3,(H,24,26)/b11-10+. The molecule has 1 saturated heterocycles. The molecule has 0 radical (unpaired) electrons. The van der Waals surface area contributed by atoms with Gasteiger partial charge >= 0.3 is 0 Å². The topological polar surface area (TPSA) is 60.0 Å². The Morgan fingerprint density at radius 3 is 2.55 bits per heavy atom. The zero-order valence-corrected chi connectivity index (χ0v) is 17.0. The molecule has 1 aliphatic heterocycles. The van der Waals surface area contributed by atoms with Crippen molar-refractivity contribution in [3.63, 3.8) is 0 Å². The number of hydrogen-bond donors (Lipinski definition) is 1. The third-order valence-electron chi connectivity index (χ3n) is 4.92. The molecular formula is C23H28N2O4. The lowest BCUT2D eigenvalue weighted by Crippen LogP contribution is -2.36. The second-order valence-electron chi connectivity index (χ2n) is 6.79. The molecule has 0 aromatic heterocycles. The number of nitrogens with zero attached hydrogens (tertiary/aromatic N) is 1. The molecule has 154 valence electrons. The van der Waals surface area contributed by atoms with Gasteiger partial charge in [0.15, 0.2) is 11.5 Å². The molecule has 1 fully saturated rings. The fraction of sp³-hybridized carbons (Fsp3) is 0.348. The molecule has 3 rings (SSSR count). The highest BCUT2D eigenvalue weighted by Gasteiger charge is 2.13. The summed E-state index contributed by atoms with van der Waals surface area (Å²) in [6, 6.07) is 13.8. The van der Waals surface area contributed by atoms with Crippen LogP contribution in [0.1, 0.15) is 16.7 Å². The molecule has 6 nitrogen and oxygen atoms in total. The Morgan fingerprint density at radius 2 is 1.83 bits per heavy atom. The average Bonchev–Trinajstić information content (AvgIpc) is 2.77. The van der Waals surface area contributed by atoms with Gasteiger partial charge in [0.1, 0.15) is 0 Å². The van der Waals surface area contributed by atoms with Gasteiger partial charge in [-0.15, -0.1) is 0 Å². The van der Waals surface area contributed by atoms with E-state index in [-0.39, 0.29) is 5.91 Å². The Bertz CT molecular complexity index is 845. The van der Waals surface area contributed by atoms with Gasteiger partial charge in [-0.1, -0.05) is 36.4 Å². The summed E-state index contributed by atoms with van der Waals surface area (Å²) in [5.74, 6) is 1.08. The number of carbonyl (C=O) groups excluding carboxylic acids is 1. The minimum Gasteiger partial charge on any atom is -0.493 e. The maximum absolute atomic E-state index is 12.3. The zero-order valence-electron chi connectivity index (χ0n) is 17.0. The lowest BCUT2D eigenvalue weighted by atomic mass is 10.1. The van der Waals surface area contributed by atoms with Crippen LogP contribution in [0.3, 0.4) is 0 Å². The molecule has 0 bridgehead atoms. The lowest BCUT2D eigenvalue weighted by Gasteiger charge is -2.27. The first-order valence-corrected chi connectivity index (χ1v) is 9.75. The van der Waals surface area contributed by atoms with E-state index in [1.165, 1.54) is 11.6 Å². The molecule has 1 amide bonds. The zero-order chi connectivity index (χ0) is 20.5. The van der Waals surface area contributed by atoms with E-state index in [2.05, 4.69) is 22.3 Å². The maximum atomic E-state index is 12.3. The number of methoxy groups -OCH3 is 2. The number of benzene rings is 2. The van der Waals surface area contributed by atoms with Crippen molar-refractivity contribution < 1.29 is 19.0 Å². The highest BCUT2D eigenvalue weighted by atomic mass is 16.5. The molecule has 0 spiro atoms. The van der Waals surface area contributed by atoms with Crippen LogP contribution in [0.2, 0.25) is 0 Å². The van der Waals surface area contributed by atoms with Crippen LogP contribution in [0.25, 0.3) is 6.08 Å². The van der Waals surface area contributed by atoms with Gasteiger partial charge in [0, 0.05) is 37.8 Å². The third-order valence-corrected chi connectivity index (χ3v) is 4.92. The highest BCUT2D eigenvalue weighted by molar-refractivity contribution is 5.92. The Hall–Kier alpha value is -2.83. The maximum Gasteiger partial charge on any atom is 0.244 e. The van der Waals surface area contributed by atoms with Gasteiger partial charge in [-0.2, -0.15) is 0 Å². The van der Waals surface area contributed by atoms with Crippen molar-refractivity contribution in [3.8, 4) is 11.5 Å². The summed E-state index contributed by atoms with van der Waals surface area (Å²) in [5, 5.41) is 2.97. The van der Waals surface area contributed by atoms with Crippen molar-refractivity contribution in [2.75, 3.05) is 40.5 Å². The van der Waals surface area contributed by atoms with Gasteiger partial charge < -0.3 is 19.5 Å². The minimum absolute atomic E-state index is 0.156. The molecule has 1 N–H and O–H groups in total. The van der Waals surface area contributed by atoms with Crippen molar-refractivity contribution >= 4 is 12.0 Å². The first-order chi connectivity index (χ1) is 14.2. The van der Waals surface area contributed by atoms with Crippen molar-refractivity contribution in [1.82, 2.24) is 10.2 Å². The molecule has 29 heavy (non-hydrogen) atoms. The van der Waals surface area contributed by atoms with Gasteiger partial charge in [0.05, 0.1) is 27.4 Å². The van der Waals surface area contributed by atoms with Crippen LogP contribution >= 0.6 is 0 Å². The fourth-order valence-corrected chi connectivity index (χ4v) is 3.33. The smallest absolute Gasteiger partial charge is 0.244 e. The number of para-hydroxylation sites is 1. The van der Waals surface area contributed by atoms with E-state index in [1.54, 1.807) is 20.3 Å². The van der Waals surface area contributed by atoms with E-state index in [4.69, 9.17) is 14.2 Å². The molecule has 6 heteroatoms. The lowest BCUT2D eigenvalue weighted by molar-refractivity contribution is -0.116. The molecule has 2 aromatic rings. The third kappa shape index (κ3) is 5.82. The van der Waals surface area contributed by atoms with Crippen molar-refractivity contribution in [2.24, 2.45) is 0 Å². The number of carbonyl (C=O) groups is 1. The molecular weight excluding hydrogens is 368 g/mol. The van der Waals surface area contributed by atoms with Gasteiger partial charge in [-0.05, 0) is 23.3 Å². The van der Waals surface area contributed by atoms with Gasteiger partial charge in [0.2, 0.25) is 5.91 Å². The first kappa shape index (κ1) is 20.9.